The van der Waals surface area contributed by atoms with E-state index in [0.29, 0.717) is 0 Å². The Bertz CT molecular complexity index is 236. The van der Waals surface area contributed by atoms with Crippen LogP contribution in [0.4, 0.5) is 0 Å². The van der Waals surface area contributed by atoms with Gasteiger partial charge in [-0.05, 0) is 38.3 Å². The number of hydrogen-bond acceptors (Lipinski definition) is 4. The Morgan fingerprint density at radius 2 is 2.40 bits per heavy atom. The highest BCUT2D eigenvalue weighted by Gasteiger charge is 2.00. The number of rotatable bonds is 8. The van der Waals surface area contributed by atoms with Crippen molar-refractivity contribution < 1.29 is 0 Å². The maximum Gasteiger partial charge on any atom is 0.106 e. The Morgan fingerprint density at radius 3 is 3.07 bits per heavy atom. The lowest BCUT2D eigenvalue weighted by Crippen LogP contribution is -2.15. The van der Waals surface area contributed by atoms with E-state index >= 15 is 0 Å². The van der Waals surface area contributed by atoms with Gasteiger partial charge in [-0.3, -0.25) is 0 Å². The van der Waals surface area contributed by atoms with Crippen molar-refractivity contribution in [3.63, 3.8) is 0 Å². The topological polar surface area (TPSA) is 50.9 Å². The third-order valence-electron chi connectivity index (χ3n) is 2.47. The number of thiazole rings is 1. The van der Waals surface area contributed by atoms with Crippen LogP contribution in [-0.4, -0.2) is 18.1 Å². The summed E-state index contributed by atoms with van der Waals surface area (Å²) in [5.41, 5.74) is 5.50. The first kappa shape index (κ1) is 12.6. The Kier molecular flexibility index (Phi) is 6.55. The zero-order chi connectivity index (χ0) is 10.9. The van der Waals surface area contributed by atoms with Gasteiger partial charge in [-0.1, -0.05) is 6.92 Å². The van der Waals surface area contributed by atoms with Gasteiger partial charge in [-0.2, -0.15) is 0 Å². The summed E-state index contributed by atoms with van der Waals surface area (Å²) in [6.07, 6.45) is 5.49. The summed E-state index contributed by atoms with van der Waals surface area (Å²) in [5.74, 6) is 0.761. The molecule has 0 fully saturated rings. The molecule has 3 nitrogen and oxygen atoms in total. The number of hydrogen-bond donors (Lipinski definition) is 2. The van der Waals surface area contributed by atoms with Crippen LogP contribution < -0.4 is 11.1 Å². The van der Waals surface area contributed by atoms with E-state index in [0.717, 1.165) is 32.0 Å². The van der Waals surface area contributed by atoms with E-state index in [9.17, 15) is 0 Å². The third kappa shape index (κ3) is 5.87. The average molecular weight is 227 g/mol. The normalized spacial score (nSPS) is 12.9. The van der Waals surface area contributed by atoms with Crippen molar-refractivity contribution in [3.05, 3.63) is 16.6 Å². The second-order valence-electron chi connectivity index (χ2n) is 3.93. The third-order valence-corrected chi connectivity index (χ3v) is 3.25. The van der Waals surface area contributed by atoms with Crippen LogP contribution in [0.1, 0.15) is 31.2 Å². The number of nitrogens with two attached hydrogens (primary N) is 1. The molecule has 1 aromatic rings. The molecule has 86 valence electrons. The minimum absolute atomic E-state index is 0.761. The molecule has 0 amide bonds. The van der Waals surface area contributed by atoms with Crippen LogP contribution in [0.15, 0.2) is 11.6 Å². The monoisotopic (exact) mass is 227 g/mol. The van der Waals surface area contributed by atoms with Crippen LogP contribution in [0.25, 0.3) is 0 Å². The SMILES string of the molecule is CC(CCN)CCCNCc1nccs1. The zero-order valence-corrected chi connectivity index (χ0v) is 10.2. The molecular weight excluding hydrogens is 206 g/mol. The van der Waals surface area contributed by atoms with Crippen molar-refractivity contribution >= 4 is 11.3 Å². The number of nitrogens with one attached hydrogen (secondary N) is 1. The molecule has 1 heterocycles. The van der Waals surface area contributed by atoms with E-state index in [-0.39, 0.29) is 0 Å². The highest BCUT2D eigenvalue weighted by molar-refractivity contribution is 7.09. The highest BCUT2D eigenvalue weighted by atomic mass is 32.1. The summed E-state index contributed by atoms with van der Waals surface area (Å²) < 4.78 is 0. The molecule has 1 rings (SSSR count). The fraction of sp³-hybridized carbons (Fsp3) is 0.727. The standard InChI is InChI=1S/C11H21N3S/c1-10(4-5-12)3-2-6-13-9-11-14-7-8-15-11/h7-8,10,13H,2-6,9,12H2,1H3. The van der Waals surface area contributed by atoms with Crippen molar-refractivity contribution in [2.24, 2.45) is 11.7 Å². The highest BCUT2D eigenvalue weighted by Crippen LogP contribution is 2.08. The van der Waals surface area contributed by atoms with Crippen molar-refractivity contribution in [2.45, 2.75) is 32.7 Å². The van der Waals surface area contributed by atoms with E-state index in [1.165, 1.54) is 17.8 Å². The van der Waals surface area contributed by atoms with Crippen LogP contribution in [0, 0.1) is 5.92 Å². The first-order valence-corrected chi connectivity index (χ1v) is 6.50. The van der Waals surface area contributed by atoms with Gasteiger partial charge in [0.05, 0.1) is 0 Å². The predicted molar refractivity (Wildman–Crippen MR) is 65.9 cm³/mol. The summed E-state index contributed by atoms with van der Waals surface area (Å²) >= 11 is 1.71. The Balaban J connectivity index is 1.93. The molecule has 3 N–H and O–H groups in total. The van der Waals surface area contributed by atoms with E-state index in [4.69, 9.17) is 5.73 Å². The molecule has 1 unspecified atom stereocenters. The maximum atomic E-state index is 5.50. The fourth-order valence-electron chi connectivity index (χ4n) is 1.54. The van der Waals surface area contributed by atoms with E-state index in [1.54, 1.807) is 11.3 Å². The van der Waals surface area contributed by atoms with Crippen LogP contribution in [0.3, 0.4) is 0 Å². The molecular formula is C11H21N3S. The molecule has 0 aromatic carbocycles. The predicted octanol–water partition coefficient (Wildman–Crippen LogP) is 2.00. The van der Waals surface area contributed by atoms with Gasteiger partial charge in [-0.25, -0.2) is 4.98 Å². The molecule has 15 heavy (non-hydrogen) atoms. The molecule has 0 aliphatic rings. The lowest BCUT2D eigenvalue weighted by Gasteiger charge is -2.09. The van der Waals surface area contributed by atoms with Crippen molar-refractivity contribution in [2.75, 3.05) is 13.1 Å². The number of nitrogens with zero attached hydrogens (tertiary/aromatic N) is 1. The molecule has 0 saturated heterocycles. The quantitative estimate of drug-likeness (QED) is 0.668. The minimum Gasteiger partial charge on any atom is -0.330 e. The van der Waals surface area contributed by atoms with Gasteiger partial charge < -0.3 is 11.1 Å². The van der Waals surface area contributed by atoms with Gasteiger partial charge in [0.1, 0.15) is 5.01 Å². The first-order valence-electron chi connectivity index (χ1n) is 5.62. The van der Waals surface area contributed by atoms with E-state index in [2.05, 4.69) is 17.2 Å². The van der Waals surface area contributed by atoms with Gasteiger partial charge in [0.2, 0.25) is 0 Å². The molecule has 0 aliphatic heterocycles. The summed E-state index contributed by atoms with van der Waals surface area (Å²) in [5, 5.41) is 6.59. The van der Waals surface area contributed by atoms with Crippen molar-refractivity contribution in [1.82, 2.24) is 10.3 Å². The maximum absolute atomic E-state index is 5.50. The average Bonchev–Trinajstić information content (AvgIpc) is 2.70. The lowest BCUT2D eigenvalue weighted by atomic mass is 10.0. The van der Waals surface area contributed by atoms with Crippen LogP contribution >= 0.6 is 11.3 Å². The Labute approximate surface area is 96.1 Å². The van der Waals surface area contributed by atoms with Gasteiger partial charge in [0.15, 0.2) is 0 Å². The summed E-state index contributed by atoms with van der Waals surface area (Å²) in [7, 11) is 0. The Hall–Kier alpha value is -0.450. The largest absolute Gasteiger partial charge is 0.330 e. The molecule has 0 spiro atoms. The van der Waals surface area contributed by atoms with Gasteiger partial charge in [0, 0.05) is 18.1 Å². The summed E-state index contributed by atoms with van der Waals surface area (Å²) in [4.78, 5) is 4.22. The Morgan fingerprint density at radius 1 is 1.53 bits per heavy atom. The van der Waals surface area contributed by atoms with Crippen LogP contribution in [-0.2, 0) is 6.54 Å². The van der Waals surface area contributed by atoms with Crippen LogP contribution in [0.5, 0.6) is 0 Å². The molecule has 1 aromatic heterocycles. The second kappa shape index (κ2) is 7.79. The van der Waals surface area contributed by atoms with Crippen LogP contribution in [0.2, 0.25) is 0 Å². The van der Waals surface area contributed by atoms with E-state index < -0.39 is 0 Å². The molecule has 1 atom stereocenters. The summed E-state index contributed by atoms with van der Waals surface area (Å²) in [6.45, 7) is 5.07. The van der Waals surface area contributed by atoms with Gasteiger partial charge in [-0.15, -0.1) is 11.3 Å². The van der Waals surface area contributed by atoms with E-state index in [1.807, 2.05) is 11.6 Å². The first-order chi connectivity index (χ1) is 7.33. The number of aromatic nitrogens is 1. The fourth-order valence-corrected chi connectivity index (χ4v) is 2.13. The minimum atomic E-state index is 0.761. The zero-order valence-electron chi connectivity index (χ0n) is 9.41. The second-order valence-corrected chi connectivity index (χ2v) is 4.91. The van der Waals surface area contributed by atoms with Gasteiger partial charge >= 0.3 is 0 Å². The molecule has 0 bridgehead atoms. The molecule has 0 aliphatic carbocycles. The summed E-state index contributed by atoms with van der Waals surface area (Å²) in [6, 6.07) is 0. The molecule has 0 radical (unpaired) electrons. The molecule has 4 heteroatoms. The molecule has 0 saturated carbocycles. The van der Waals surface area contributed by atoms with Gasteiger partial charge in [0.25, 0.3) is 0 Å². The van der Waals surface area contributed by atoms with Crippen molar-refractivity contribution in [1.29, 1.82) is 0 Å². The lowest BCUT2D eigenvalue weighted by molar-refractivity contribution is 0.468. The smallest absolute Gasteiger partial charge is 0.106 e. The van der Waals surface area contributed by atoms with Crippen molar-refractivity contribution in [3.8, 4) is 0 Å².